The number of nitrogens with one attached hydrogen (secondary N) is 2. The zero-order valence-corrected chi connectivity index (χ0v) is 22.9. The molecule has 2 aromatic carbocycles. The monoisotopic (exact) mass is 578 g/mol. The molecule has 0 bridgehead atoms. The number of methoxy groups -OCH3 is 1. The first kappa shape index (κ1) is 29.5. The molecule has 2 saturated heterocycles. The van der Waals surface area contributed by atoms with Crippen LogP contribution in [0.2, 0.25) is 5.02 Å². The van der Waals surface area contributed by atoms with E-state index in [1.165, 1.54) is 12.0 Å². The standard InChI is InChI=1S/C28H33ClF2N4O5/c1-40-24-12-19(6-7-23(24)33-27(39)32-22-5-3-2-4-21(22)29)13-25(36)35-17-28(30,31)15-20(35)16-34-10-8-18(9-11-34)14-26(37)38/h2-7,12,18,20H,8-11,13-17H2,1H3,(H,37,38)(H2,32,33,39). The Bertz CT molecular complexity index is 1240. The van der Waals surface area contributed by atoms with Gasteiger partial charge in [0.1, 0.15) is 5.75 Å². The lowest BCUT2D eigenvalue weighted by molar-refractivity contribution is -0.138. The summed E-state index contributed by atoms with van der Waals surface area (Å²) >= 11 is 6.09. The van der Waals surface area contributed by atoms with Crippen molar-refractivity contribution in [2.75, 3.05) is 43.9 Å². The lowest BCUT2D eigenvalue weighted by Crippen LogP contribution is -2.46. The molecule has 4 rings (SSSR count). The minimum Gasteiger partial charge on any atom is -0.495 e. The fraction of sp³-hybridized carbons (Fsp3) is 0.464. The second kappa shape index (κ2) is 12.8. The van der Waals surface area contributed by atoms with Gasteiger partial charge in [-0.25, -0.2) is 13.6 Å². The molecule has 40 heavy (non-hydrogen) atoms. The summed E-state index contributed by atoms with van der Waals surface area (Å²) in [5.41, 5.74) is 1.35. The van der Waals surface area contributed by atoms with Gasteiger partial charge in [0.25, 0.3) is 5.92 Å². The molecule has 216 valence electrons. The highest BCUT2D eigenvalue weighted by Gasteiger charge is 2.47. The van der Waals surface area contributed by atoms with Gasteiger partial charge >= 0.3 is 12.0 Å². The van der Waals surface area contributed by atoms with Gasteiger partial charge in [-0.15, -0.1) is 0 Å². The number of halogens is 3. The van der Waals surface area contributed by atoms with Crippen LogP contribution in [0.3, 0.4) is 0 Å². The van der Waals surface area contributed by atoms with Gasteiger partial charge in [-0.3, -0.25) is 9.59 Å². The van der Waals surface area contributed by atoms with Crippen LogP contribution in [-0.2, 0) is 16.0 Å². The SMILES string of the molecule is COc1cc(CC(=O)N2CC(F)(F)CC2CN2CCC(CC(=O)O)CC2)ccc1NC(=O)Nc1ccccc1Cl. The van der Waals surface area contributed by atoms with E-state index in [1.807, 2.05) is 4.90 Å². The van der Waals surface area contributed by atoms with Crippen molar-refractivity contribution in [1.29, 1.82) is 0 Å². The lowest BCUT2D eigenvalue weighted by Gasteiger charge is -2.35. The Morgan fingerprint density at radius 1 is 1.10 bits per heavy atom. The van der Waals surface area contributed by atoms with Crippen molar-refractivity contribution in [2.24, 2.45) is 5.92 Å². The highest BCUT2D eigenvalue weighted by molar-refractivity contribution is 6.33. The summed E-state index contributed by atoms with van der Waals surface area (Å²) in [6.07, 6.45) is 1.000. The quantitative estimate of drug-likeness (QED) is 0.388. The van der Waals surface area contributed by atoms with Gasteiger partial charge in [0.05, 0.1) is 42.5 Å². The van der Waals surface area contributed by atoms with E-state index in [1.54, 1.807) is 42.5 Å². The maximum absolute atomic E-state index is 14.4. The number of carbonyl (C=O) groups is 3. The van der Waals surface area contributed by atoms with Crippen LogP contribution >= 0.6 is 11.6 Å². The molecule has 0 aliphatic carbocycles. The number of para-hydroxylation sites is 1. The number of carboxylic acids is 1. The lowest BCUT2D eigenvalue weighted by atomic mass is 9.93. The second-order valence-corrected chi connectivity index (χ2v) is 10.8. The summed E-state index contributed by atoms with van der Waals surface area (Å²) in [4.78, 5) is 40.0. The van der Waals surface area contributed by atoms with Crippen LogP contribution in [0, 0.1) is 5.92 Å². The Hall–Kier alpha value is -3.44. The number of amides is 3. The number of anilines is 2. The summed E-state index contributed by atoms with van der Waals surface area (Å²) in [6, 6.07) is 10.4. The Balaban J connectivity index is 1.37. The maximum Gasteiger partial charge on any atom is 0.323 e. The highest BCUT2D eigenvalue weighted by atomic mass is 35.5. The minimum absolute atomic E-state index is 0.0890. The van der Waals surface area contributed by atoms with E-state index in [4.69, 9.17) is 21.4 Å². The van der Waals surface area contributed by atoms with Crippen LogP contribution in [0.4, 0.5) is 25.0 Å². The van der Waals surface area contributed by atoms with Crippen molar-refractivity contribution in [3.8, 4) is 5.75 Å². The molecule has 2 heterocycles. The van der Waals surface area contributed by atoms with E-state index < -0.39 is 42.8 Å². The molecule has 9 nitrogen and oxygen atoms in total. The number of carbonyl (C=O) groups excluding carboxylic acids is 2. The van der Waals surface area contributed by atoms with Crippen molar-refractivity contribution in [1.82, 2.24) is 9.80 Å². The van der Waals surface area contributed by atoms with E-state index in [-0.39, 0.29) is 18.8 Å². The van der Waals surface area contributed by atoms with E-state index in [0.717, 1.165) is 0 Å². The Labute approximate surface area is 236 Å². The molecule has 3 N–H and O–H groups in total. The first-order valence-electron chi connectivity index (χ1n) is 13.1. The van der Waals surface area contributed by atoms with Crippen LogP contribution < -0.4 is 15.4 Å². The minimum atomic E-state index is -2.97. The normalized spacial score (nSPS) is 19.3. The Morgan fingerprint density at radius 3 is 2.48 bits per heavy atom. The van der Waals surface area contributed by atoms with Gasteiger partial charge in [-0.05, 0) is 61.7 Å². The van der Waals surface area contributed by atoms with Crippen LogP contribution in [0.5, 0.6) is 5.75 Å². The van der Waals surface area contributed by atoms with Crippen molar-refractivity contribution >= 4 is 40.9 Å². The molecule has 0 spiro atoms. The molecular formula is C28H33ClF2N4O5. The van der Waals surface area contributed by atoms with Crippen LogP contribution in [0.15, 0.2) is 42.5 Å². The predicted octanol–water partition coefficient (Wildman–Crippen LogP) is 4.96. The highest BCUT2D eigenvalue weighted by Crippen LogP contribution is 2.34. The van der Waals surface area contributed by atoms with Crippen LogP contribution in [0.25, 0.3) is 0 Å². The third-order valence-corrected chi connectivity index (χ3v) is 7.66. The fourth-order valence-electron chi connectivity index (χ4n) is 5.33. The van der Waals surface area contributed by atoms with Crippen molar-refractivity contribution < 1.29 is 33.0 Å². The van der Waals surface area contributed by atoms with E-state index >= 15 is 0 Å². The third kappa shape index (κ3) is 7.82. The van der Waals surface area contributed by atoms with Gasteiger partial charge in [-0.2, -0.15) is 0 Å². The zero-order valence-electron chi connectivity index (χ0n) is 22.2. The van der Waals surface area contributed by atoms with Gasteiger partial charge in [-0.1, -0.05) is 29.8 Å². The number of hydrogen-bond donors (Lipinski definition) is 3. The summed E-state index contributed by atoms with van der Waals surface area (Å²) in [6.45, 7) is 0.939. The Morgan fingerprint density at radius 2 is 1.80 bits per heavy atom. The number of alkyl halides is 2. The molecule has 1 unspecified atom stereocenters. The van der Waals surface area contributed by atoms with Crippen LogP contribution in [0.1, 0.15) is 31.2 Å². The predicted molar refractivity (Wildman–Crippen MR) is 147 cm³/mol. The van der Waals surface area contributed by atoms with Crippen molar-refractivity contribution in [3.63, 3.8) is 0 Å². The van der Waals surface area contributed by atoms with E-state index in [9.17, 15) is 23.2 Å². The van der Waals surface area contributed by atoms with E-state index in [0.29, 0.717) is 60.2 Å². The second-order valence-electron chi connectivity index (χ2n) is 10.3. The number of ether oxygens (including phenoxy) is 1. The molecule has 1 atom stereocenters. The average molecular weight is 579 g/mol. The van der Waals surface area contributed by atoms with Crippen molar-refractivity contribution in [2.45, 2.75) is 44.1 Å². The van der Waals surface area contributed by atoms with Gasteiger partial charge in [0, 0.05) is 19.4 Å². The Kier molecular flexibility index (Phi) is 9.47. The number of likely N-dealkylation sites (tertiary alicyclic amines) is 2. The number of piperidine rings is 1. The molecule has 12 heteroatoms. The zero-order chi connectivity index (χ0) is 28.9. The number of urea groups is 1. The first-order valence-corrected chi connectivity index (χ1v) is 13.5. The molecule has 0 aromatic heterocycles. The third-order valence-electron chi connectivity index (χ3n) is 7.33. The number of nitrogens with zero attached hydrogens (tertiary/aromatic N) is 2. The molecule has 0 radical (unpaired) electrons. The number of carboxylic acid groups (broad SMARTS) is 1. The van der Waals surface area contributed by atoms with Crippen molar-refractivity contribution in [3.05, 3.63) is 53.1 Å². The molecule has 0 saturated carbocycles. The molecule has 2 fully saturated rings. The summed E-state index contributed by atoms with van der Waals surface area (Å²) in [5, 5.41) is 14.7. The number of rotatable bonds is 9. The number of hydrogen-bond acceptors (Lipinski definition) is 5. The maximum atomic E-state index is 14.4. The van der Waals surface area contributed by atoms with E-state index in [2.05, 4.69) is 10.6 Å². The molecule has 2 aliphatic rings. The molecular weight excluding hydrogens is 546 g/mol. The summed E-state index contributed by atoms with van der Waals surface area (Å²) in [5.74, 6) is -3.81. The van der Waals surface area contributed by atoms with Gasteiger partial charge in [0.2, 0.25) is 5.91 Å². The average Bonchev–Trinajstić information content (AvgIpc) is 3.21. The molecule has 2 aliphatic heterocycles. The number of benzene rings is 2. The number of aliphatic carboxylic acids is 1. The first-order chi connectivity index (χ1) is 19.0. The van der Waals surface area contributed by atoms with Gasteiger partial charge < -0.3 is 30.3 Å². The molecule has 2 aromatic rings. The largest absolute Gasteiger partial charge is 0.495 e. The summed E-state index contributed by atoms with van der Waals surface area (Å²) < 4.78 is 34.2. The van der Waals surface area contributed by atoms with Crippen LogP contribution in [-0.4, -0.2) is 78.1 Å². The summed E-state index contributed by atoms with van der Waals surface area (Å²) in [7, 11) is 1.43. The topological polar surface area (TPSA) is 111 Å². The van der Waals surface area contributed by atoms with Gasteiger partial charge in [0.15, 0.2) is 0 Å². The smallest absolute Gasteiger partial charge is 0.323 e. The fourth-order valence-corrected chi connectivity index (χ4v) is 5.52. The molecule has 3 amide bonds.